The summed E-state index contributed by atoms with van der Waals surface area (Å²) in [6.45, 7) is 4.33. The average Bonchev–Trinajstić information content (AvgIpc) is 3.22. The predicted octanol–water partition coefficient (Wildman–Crippen LogP) is 3.40. The van der Waals surface area contributed by atoms with E-state index in [1.54, 1.807) is 18.2 Å². The smallest absolute Gasteiger partial charge is 0.336 e. The molecule has 0 unspecified atom stereocenters. The maximum Gasteiger partial charge on any atom is 0.336 e. The molecule has 0 N–H and O–H groups in total. The molecule has 0 spiro atoms. The molecule has 1 aromatic carbocycles. The van der Waals surface area contributed by atoms with E-state index in [1.165, 1.54) is 24.5 Å². The molecule has 7 heteroatoms. The number of rotatable bonds is 5. The fraction of sp³-hybridized carbons (Fsp3) is 0.235. The maximum atomic E-state index is 14.1. The molecule has 2 aromatic heterocycles. The van der Waals surface area contributed by atoms with E-state index < -0.39 is 11.7 Å². The van der Waals surface area contributed by atoms with E-state index in [4.69, 9.17) is 9.15 Å². The van der Waals surface area contributed by atoms with Crippen LogP contribution in [0, 0.1) is 11.7 Å². The number of furan rings is 1. The van der Waals surface area contributed by atoms with Crippen LogP contribution in [0.25, 0.3) is 11.4 Å². The lowest BCUT2D eigenvalue weighted by atomic mass is 10.2. The third kappa shape index (κ3) is 3.19. The minimum atomic E-state index is -0.551. The number of aromatic nitrogens is 3. The highest BCUT2D eigenvalue weighted by molar-refractivity contribution is 5.94. The second-order valence-corrected chi connectivity index (χ2v) is 5.60. The van der Waals surface area contributed by atoms with E-state index in [0.717, 1.165) is 4.68 Å². The topological polar surface area (TPSA) is 70.2 Å². The summed E-state index contributed by atoms with van der Waals surface area (Å²) in [5.41, 5.74) is 0.157. The summed E-state index contributed by atoms with van der Waals surface area (Å²) < 4.78 is 25.7. The number of ether oxygens (including phenoxy) is 1. The molecule has 0 aliphatic carbocycles. The van der Waals surface area contributed by atoms with Crippen LogP contribution in [-0.2, 0) is 0 Å². The van der Waals surface area contributed by atoms with E-state index in [2.05, 4.69) is 10.1 Å². The van der Waals surface area contributed by atoms with E-state index >= 15 is 0 Å². The van der Waals surface area contributed by atoms with Gasteiger partial charge < -0.3 is 9.15 Å². The molecule has 124 valence electrons. The predicted molar refractivity (Wildman–Crippen MR) is 84.2 cm³/mol. The molecule has 0 saturated carbocycles. The summed E-state index contributed by atoms with van der Waals surface area (Å²) in [5, 5.41) is 4.06. The first-order valence-corrected chi connectivity index (χ1v) is 7.49. The normalized spacial score (nSPS) is 11.0. The monoisotopic (exact) mass is 329 g/mol. The first-order valence-electron chi connectivity index (χ1n) is 7.49. The van der Waals surface area contributed by atoms with Gasteiger partial charge in [0.25, 0.3) is 0 Å². The second-order valence-electron chi connectivity index (χ2n) is 5.60. The van der Waals surface area contributed by atoms with Gasteiger partial charge in [-0.1, -0.05) is 26.0 Å². The largest absolute Gasteiger partial charge is 0.462 e. The van der Waals surface area contributed by atoms with Crippen molar-refractivity contribution in [3.63, 3.8) is 0 Å². The minimum absolute atomic E-state index is 0.0156. The van der Waals surface area contributed by atoms with Gasteiger partial charge in [0.1, 0.15) is 5.82 Å². The molecular formula is C17H16FN3O3. The van der Waals surface area contributed by atoms with Crippen molar-refractivity contribution in [3.05, 3.63) is 54.2 Å². The Kier molecular flexibility index (Phi) is 4.41. The Bertz CT molecular complexity index is 841. The van der Waals surface area contributed by atoms with Gasteiger partial charge in [0.2, 0.25) is 0 Å². The van der Waals surface area contributed by atoms with Crippen LogP contribution in [0.15, 0.2) is 47.1 Å². The first kappa shape index (κ1) is 15.9. The minimum Gasteiger partial charge on any atom is -0.462 e. The van der Waals surface area contributed by atoms with Crippen LogP contribution in [0.4, 0.5) is 4.39 Å². The van der Waals surface area contributed by atoms with Crippen LogP contribution in [0.5, 0.6) is 6.01 Å². The molecule has 3 aromatic rings. The van der Waals surface area contributed by atoms with Crippen molar-refractivity contribution in [2.75, 3.05) is 6.61 Å². The summed E-state index contributed by atoms with van der Waals surface area (Å²) in [7, 11) is 0. The van der Waals surface area contributed by atoms with Crippen molar-refractivity contribution >= 4 is 5.91 Å². The summed E-state index contributed by atoms with van der Waals surface area (Å²) in [4.78, 5) is 16.7. The maximum absolute atomic E-state index is 14.1. The molecule has 0 radical (unpaired) electrons. The van der Waals surface area contributed by atoms with Crippen molar-refractivity contribution in [2.24, 2.45) is 5.92 Å². The van der Waals surface area contributed by atoms with E-state index in [1.807, 2.05) is 13.8 Å². The molecule has 6 nitrogen and oxygen atoms in total. The second kappa shape index (κ2) is 6.66. The molecule has 0 fully saturated rings. The van der Waals surface area contributed by atoms with E-state index in [0.29, 0.717) is 6.61 Å². The molecule has 0 atom stereocenters. The average molecular weight is 329 g/mol. The van der Waals surface area contributed by atoms with Gasteiger partial charge in [0.05, 0.1) is 18.4 Å². The Morgan fingerprint density at radius 2 is 2.08 bits per heavy atom. The molecular weight excluding hydrogens is 313 g/mol. The molecule has 2 heterocycles. The third-order valence-corrected chi connectivity index (χ3v) is 3.17. The molecule has 0 saturated heterocycles. The molecule has 0 bridgehead atoms. The Morgan fingerprint density at radius 3 is 2.75 bits per heavy atom. The quantitative estimate of drug-likeness (QED) is 0.717. The number of halogens is 1. The van der Waals surface area contributed by atoms with Crippen LogP contribution in [0.3, 0.4) is 0 Å². The number of carbonyl (C=O) groups excluding carboxylic acids is 1. The van der Waals surface area contributed by atoms with Crippen LogP contribution in [0.2, 0.25) is 0 Å². The summed E-state index contributed by atoms with van der Waals surface area (Å²) in [6, 6.07) is 9.14. The standard InChI is InChI=1S/C17H16FN3O3/c1-11(2)10-24-17-19-15(12-6-3-4-7-13(12)18)21(20-17)16(22)14-8-5-9-23-14/h3-9,11H,10H2,1-2H3. The number of carbonyl (C=O) groups is 1. The highest BCUT2D eigenvalue weighted by atomic mass is 19.1. The molecule has 0 amide bonds. The Morgan fingerprint density at radius 1 is 1.29 bits per heavy atom. The summed E-state index contributed by atoms with van der Waals surface area (Å²) >= 11 is 0. The summed E-state index contributed by atoms with van der Waals surface area (Å²) in [6.07, 6.45) is 1.38. The third-order valence-electron chi connectivity index (χ3n) is 3.17. The zero-order valence-corrected chi connectivity index (χ0v) is 13.3. The number of nitrogens with zero attached hydrogens (tertiary/aromatic N) is 3. The van der Waals surface area contributed by atoms with Crippen LogP contribution >= 0.6 is 0 Å². The van der Waals surface area contributed by atoms with Gasteiger partial charge in [-0.15, -0.1) is 5.10 Å². The zero-order valence-electron chi connectivity index (χ0n) is 13.3. The van der Waals surface area contributed by atoms with Crippen LogP contribution < -0.4 is 4.74 Å². The number of benzene rings is 1. The van der Waals surface area contributed by atoms with Gasteiger partial charge in [-0.2, -0.15) is 9.67 Å². The first-order chi connectivity index (χ1) is 11.6. The number of hydrogen-bond acceptors (Lipinski definition) is 5. The molecule has 0 aliphatic heterocycles. The molecule has 3 rings (SSSR count). The van der Waals surface area contributed by atoms with Crippen molar-refractivity contribution in [2.45, 2.75) is 13.8 Å². The Labute approximate surface area is 137 Å². The van der Waals surface area contributed by atoms with Gasteiger partial charge in [-0.3, -0.25) is 4.79 Å². The van der Waals surface area contributed by atoms with Gasteiger partial charge in [-0.05, 0) is 30.2 Å². The highest BCUT2D eigenvalue weighted by Gasteiger charge is 2.23. The van der Waals surface area contributed by atoms with Crippen molar-refractivity contribution < 1.29 is 18.3 Å². The van der Waals surface area contributed by atoms with E-state index in [-0.39, 0.29) is 29.1 Å². The fourth-order valence-corrected chi connectivity index (χ4v) is 2.06. The lowest BCUT2D eigenvalue weighted by Crippen LogP contribution is -2.15. The molecule has 24 heavy (non-hydrogen) atoms. The van der Waals surface area contributed by atoms with Crippen LogP contribution in [0.1, 0.15) is 24.4 Å². The SMILES string of the molecule is CC(C)COc1nc(-c2ccccc2F)n(C(=O)c2ccco2)n1. The van der Waals surface area contributed by atoms with Gasteiger partial charge in [0, 0.05) is 0 Å². The highest BCUT2D eigenvalue weighted by Crippen LogP contribution is 2.24. The lowest BCUT2D eigenvalue weighted by Gasteiger charge is -2.03. The van der Waals surface area contributed by atoms with E-state index in [9.17, 15) is 9.18 Å². The lowest BCUT2D eigenvalue weighted by molar-refractivity contribution is 0.0916. The number of hydrogen-bond donors (Lipinski definition) is 0. The Balaban J connectivity index is 2.05. The van der Waals surface area contributed by atoms with Gasteiger partial charge >= 0.3 is 11.9 Å². The van der Waals surface area contributed by atoms with Crippen LogP contribution in [-0.4, -0.2) is 27.3 Å². The molecule has 0 aliphatic rings. The Hall–Kier alpha value is -2.96. The summed E-state index contributed by atoms with van der Waals surface area (Å²) in [5.74, 6) is -0.658. The fourth-order valence-electron chi connectivity index (χ4n) is 2.06. The zero-order chi connectivity index (χ0) is 17.1. The van der Waals surface area contributed by atoms with Gasteiger partial charge in [0.15, 0.2) is 11.6 Å². The van der Waals surface area contributed by atoms with Gasteiger partial charge in [-0.25, -0.2) is 4.39 Å². The van der Waals surface area contributed by atoms with Crippen molar-refractivity contribution in [1.82, 2.24) is 14.8 Å². The van der Waals surface area contributed by atoms with Crippen molar-refractivity contribution in [3.8, 4) is 17.4 Å². The van der Waals surface area contributed by atoms with Crippen molar-refractivity contribution in [1.29, 1.82) is 0 Å².